The smallest absolute Gasteiger partial charge is 0.254 e. The fourth-order valence-electron chi connectivity index (χ4n) is 2.91. The van der Waals surface area contributed by atoms with Gasteiger partial charge in [0, 0.05) is 43.7 Å². The van der Waals surface area contributed by atoms with Crippen LogP contribution in [0.15, 0.2) is 48.8 Å². The van der Waals surface area contributed by atoms with Gasteiger partial charge in [-0.15, -0.1) is 0 Å². The zero-order chi connectivity index (χ0) is 16.4. The van der Waals surface area contributed by atoms with Crippen LogP contribution in [0.5, 0.6) is 0 Å². The quantitative estimate of drug-likeness (QED) is 0.921. The molecule has 0 bridgehead atoms. The molecule has 0 aliphatic carbocycles. The molecular formula is C17H19N3O3. The van der Waals surface area contributed by atoms with Crippen molar-refractivity contribution in [2.75, 3.05) is 13.7 Å². The van der Waals surface area contributed by atoms with Crippen molar-refractivity contribution in [2.24, 2.45) is 5.73 Å². The number of likely N-dealkylation sites (tertiary alicyclic amines) is 1. The average Bonchev–Trinajstić information content (AvgIpc) is 3.23. The minimum atomic E-state index is -0.614. The van der Waals surface area contributed by atoms with Gasteiger partial charge in [0.05, 0.1) is 6.10 Å². The minimum Gasteiger partial charge on any atom is -0.380 e. The van der Waals surface area contributed by atoms with Gasteiger partial charge in [0.25, 0.3) is 5.91 Å². The van der Waals surface area contributed by atoms with Crippen LogP contribution in [0.3, 0.4) is 0 Å². The van der Waals surface area contributed by atoms with Crippen LogP contribution in [0.4, 0.5) is 0 Å². The Morgan fingerprint density at radius 1 is 1.17 bits per heavy atom. The number of primary amides is 1. The first-order chi connectivity index (χ1) is 11.1. The van der Waals surface area contributed by atoms with Crippen LogP contribution >= 0.6 is 0 Å². The Kier molecular flexibility index (Phi) is 4.16. The van der Waals surface area contributed by atoms with Crippen LogP contribution in [-0.4, -0.2) is 47.1 Å². The van der Waals surface area contributed by atoms with E-state index in [-0.39, 0.29) is 12.0 Å². The zero-order valence-electron chi connectivity index (χ0n) is 12.9. The summed E-state index contributed by atoms with van der Waals surface area (Å²) in [7, 11) is 1.57. The Morgan fingerprint density at radius 2 is 1.83 bits per heavy atom. The van der Waals surface area contributed by atoms with Crippen molar-refractivity contribution in [2.45, 2.75) is 18.6 Å². The van der Waals surface area contributed by atoms with Gasteiger partial charge in [-0.1, -0.05) is 0 Å². The van der Waals surface area contributed by atoms with Crippen LogP contribution in [0.1, 0.15) is 16.8 Å². The predicted octanol–water partition coefficient (Wildman–Crippen LogP) is 1.19. The molecule has 1 fully saturated rings. The average molecular weight is 313 g/mol. The highest BCUT2D eigenvalue weighted by molar-refractivity contribution is 5.98. The van der Waals surface area contributed by atoms with E-state index in [4.69, 9.17) is 10.5 Å². The predicted molar refractivity (Wildman–Crippen MR) is 85.2 cm³/mol. The van der Waals surface area contributed by atoms with Gasteiger partial charge in [-0.05, 0) is 36.4 Å². The molecule has 1 aromatic heterocycles. The second kappa shape index (κ2) is 6.26. The van der Waals surface area contributed by atoms with Gasteiger partial charge >= 0.3 is 0 Å². The lowest BCUT2D eigenvalue weighted by Crippen LogP contribution is -2.43. The molecule has 6 nitrogen and oxygen atoms in total. The van der Waals surface area contributed by atoms with Gasteiger partial charge in [0.2, 0.25) is 5.91 Å². The minimum absolute atomic E-state index is 0.157. The molecule has 2 amide bonds. The van der Waals surface area contributed by atoms with Crippen molar-refractivity contribution in [3.63, 3.8) is 0 Å². The van der Waals surface area contributed by atoms with Gasteiger partial charge in [-0.2, -0.15) is 0 Å². The maximum absolute atomic E-state index is 12.7. The molecule has 2 N–H and O–H groups in total. The maximum Gasteiger partial charge on any atom is 0.254 e. The number of nitrogens with zero attached hydrogens (tertiary/aromatic N) is 2. The molecule has 1 aromatic carbocycles. The first kappa shape index (κ1) is 15.3. The van der Waals surface area contributed by atoms with Crippen molar-refractivity contribution in [1.29, 1.82) is 0 Å². The Bertz CT molecular complexity index is 694. The Morgan fingerprint density at radius 3 is 2.39 bits per heavy atom. The summed E-state index contributed by atoms with van der Waals surface area (Å²) in [6.45, 7) is 0.377. The number of hydrogen-bond donors (Lipinski definition) is 1. The standard InChI is InChI=1S/C17H19N3O3/c1-23-14-10-15(16(18)21)20(11-14)17(22)12-4-6-13(7-5-12)19-8-2-3-9-19/h2-9,14-15H,10-11H2,1H3,(H2,18,21)/t14-,15-/m0/s1. The molecule has 1 saturated heterocycles. The fraction of sp³-hybridized carbons (Fsp3) is 0.294. The summed E-state index contributed by atoms with van der Waals surface area (Å²) in [6.07, 6.45) is 4.15. The molecule has 23 heavy (non-hydrogen) atoms. The number of amides is 2. The molecular weight excluding hydrogens is 294 g/mol. The van der Waals surface area contributed by atoms with Gasteiger partial charge < -0.3 is 19.9 Å². The number of hydrogen-bond acceptors (Lipinski definition) is 3. The molecule has 1 aliphatic rings. The van der Waals surface area contributed by atoms with E-state index in [0.29, 0.717) is 18.5 Å². The molecule has 3 rings (SSSR count). The second-order valence-corrected chi connectivity index (χ2v) is 5.61. The first-order valence-electron chi connectivity index (χ1n) is 7.46. The van der Waals surface area contributed by atoms with E-state index in [1.165, 1.54) is 4.90 Å². The molecule has 1 aliphatic heterocycles. The third kappa shape index (κ3) is 2.98. The number of benzene rings is 1. The normalized spacial score (nSPS) is 20.7. The van der Waals surface area contributed by atoms with E-state index >= 15 is 0 Å². The molecule has 0 unspecified atom stereocenters. The summed E-state index contributed by atoms with van der Waals surface area (Å²) < 4.78 is 7.23. The molecule has 0 radical (unpaired) electrons. The molecule has 0 spiro atoms. The van der Waals surface area contributed by atoms with Gasteiger partial charge in [0.15, 0.2) is 0 Å². The highest BCUT2D eigenvalue weighted by atomic mass is 16.5. The van der Waals surface area contributed by atoms with E-state index in [9.17, 15) is 9.59 Å². The lowest BCUT2D eigenvalue weighted by molar-refractivity contribution is -0.121. The number of nitrogens with two attached hydrogens (primary N) is 1. The third-order valence-corrected chi connectivity index (χ3v) is 4.20. The van der Waals surface area contributed by atoms with Crippen molar-refractivity contribution in [3.05, 3.63) is 54.4 Å². The van der Waals surface area contributed by atoms with Gasteiger partial charge in [-0.25, -0.2) is 0 Å². The Hall–Kier alpha value is -2.60. The lowest BCUT2D eigenvalue weighted by Gasteiger charge is -2.22. The van der Waals surface area contributed by atoms with E-state index < -0.39 is 11.9 Å². The van der Waals surface area contributed by atoms with Crippen LogP contribution < -0.4 is 5.73 Å². The SMILES string of the molecule is CO[C@H]1C[C@@H](C(N)=O)N(C(=O)c2ccc(-n3cccc3)cc2)C1. The summed E-state index contributed by atoms with van der Waals surface area (Å²) in [6, 6.07) is 10.5. The largest absolute Gasteiger partial charge is 0.380 e. The molecule has 6 heteroatoms. The van der Waals surface area contributed by atoms with E-state index in [1.807, 2.05) is 41.2 Å². The number of aromatic nitrogens is 1. The van der Waals surface area contributed by atoms with Crippen molar-refractivity contribution < 1.29 is 14.3 Å². The van der Waals surface area contributed by atoms with E-state index in [0.717, 1.165) is 5.69 Å². The maximum atomic E-state index is 12.7. The summed E-state index contributed by atoms with van der Waals surface area (Å²) in [5, 5.41) is 0. The monoisotopic (exact) mass is 313 g/mol. The highest BCUT2D eigenvalue weighted by Gasteiger charge is 2.38. The van der Waals surface area contributed by atoms with E-state index in [1.54, 1.807) is 19.2 Å². The number of carbonyl (C=O) groups excluding carboxylic acids is 2. The molecule has 2 atom stereocenters. The summed E-state index contributed by atoms with van der Waals surface area (Å²) in [5.74, 6) is -0.700. The highest BCUT2D eigenvalue weighted by Crippen LogP contribution is 2.22. The van der Waals surface area contributed by atoms with E-state index in [2.05, 4.69) is 0 Å². The fourth-order valence-corrected chi connectivity index (χ4v) is 2.91. The van der Waals surface area contributed by atoms with Crippen LogP contribution in [0.2, 0.25) is 0 Å². The molecule has 120 valence electrons. The van der Waals surface area contributed by atoms with Crippen LogP contribution in [-0.2, 0) is 9.53 Å². The number of methoxy groups -OCH3 is 1. The first-order valence-corrected chi connectivity index (χ1v) is 7.46. The van der Waals surface area contributed by atoms with Crippen LogP contribution in [0.25, 0.3) is 5.69 Å². The Labute approximate surface area is 134 Å². The Balaban J connectivity index is 1.80. The molecule has 2 aromatic rings. The number of carbonyl (C=O) groups is 2. The second-order valence-electron chi connectivity index (χ2n) is 5.61. The summed E-state index contributed by atoms with van der Waals surface area (Å²) >= 11 is 0. The van der Waals surface area contributed by atoms with Crippen LogP contribution in [0, 0.1) is 0 Å². The zero-order valence-corrected chi connectivity index (χ0v) is 12.9. The van der Waals surface area contributed by atoms with Crippen molar-refractivity contribution in [3.8, 4) is 5.69 Å². The lowest BCUT2D eigenvalue weighted by atomic mass is 10.1. The molecule has 2 heterocycles. The third-order valence-electron chi connectivity index (χ3n) is 4.20. The van der Waals surface area contributed by atoms with Crippen molar-refractivity contribution in [1.82, 2.24) is 9.47 Å². The van der Waals surface area contributed by atoms with Crippen molar-refractivity contribution >= 4 is 11.8 Å². The summed E-state index contributed by atoms with van der Waals surface area (Å²) in [5.41, 5.74) is 6.92. The van der Waals surface area contributed by atoms with Gasteiger partial charge in [0.1, 0.15) is 6.04 Å². The topological polar surface area (TPSA) is 77.6 Å². The number of ether oxygens (including phenoxy) is 1. The van der Waals surface area contributed by atoms with Gasteiger partial charge in [-0.3, -0.25) is 9.59 Å². The number of rotatable bonds is 4. The molecule has 0 saturated carbocycles. The summed E-state index contributed by atoms with van der Waals surface area (Å²) in [4.78, 5) is 25.8.